The minimum atomic E-state index is 0.121. The molecule has 1 aromatic rings. The van der Waals surface area contributed by atoms with Gasteiger partial charge in [0.05, 0.1) is 6.10 Å². The van der Waals surface area contributed by atoms with Gasteiger partial charge >= 0.3 is 0 Å². The van der Waals surface area contributed by atoms with Crippen molar-refractivity contribution in [2.75, 3.05) is 11.1 Å². The predicted octanol–water partition coefficient (Wildman–Crippen LogP) is 3.50. The van der Waals surface area contributed by atoms with Crippen molar-refractivity contribution < 1.29 is 4.74 Å². The summed E-state index contributed by atoms with van der Waals surface area (Å²) < 4.78 is 9.92. The molecule has 1 saturated carbocycles. The molecule has 1 aliphatic rings. The molecule has 2 rings (SSSR count). The standard InChI is InChI=1S/C13H23N3OS/c1-8(2)17-11-12(14)16-18-13(11)15-10-6-4-9(3)5-7-10/h8-10,15H,4-7H2,1-3H3,(H2,14,16). The number of hydrogen-bond acceptors (Lipinski definition) is 5. The largest absolute Gasteiger partial charge is 0.484 e. The first kappa shape index (κ1) is 13.5. The van der Waals surface area contributed by atoms with Gasteiger partial charge in [0.1, 0.15) is 0 Å². The Morgan fingerprint density at radius 1 is 1.33 bits per heavy atom. The summed E-state index contributed by atoms with van der Waals surface area (Å²) in [7, 11) is 0. The third kappa shape index (κ3) is 3.28. The van der Waals surface area contributed by atoms with Crippen molar-refractivity contribution in [2.45, 2.75) is 58.6 Å². The Morgan fingerprint density at radius 2 is 2.00 bits per heavy atom. The number of anilines is 2. The average Bonchev–Trinajstić information content (AvgIpc) is 2.64. The lowest BCUT2D eigenvalue weighted by Gasteiger charge is -2.27. The molecule has 0 bridgehead atoms. The van der Waals surface area contributed by atoms with E-state index in [0.29, 0.717) is 11.9 Å². The van der Waals surface area contributed by atoms with Gasteiger partial charge in [-0.15, -0.1) is 0 Å². The maximum Gasteiger partial charge on any atom is 0.197 e. The first-order valence-corrected chi connectivity index (χ1v) is 7.52. The van der Waals surface area contributed by atoms with Crippen LogP contribution >= 0.6 is 11.5 Å². The highest BCUT2D eigenvalue weighted by Gasteiger charge is 2.21. The zero-order valence-electron chi connectivity index (χ0n) is 11.4. The van der Waals surface area contributed by atoms with Gasteiger partial charge in [0.2, 0.25) is 0 Å². The van der Waals surface area contributed by atoms with E-state index in [-0.39, 0.29) is 6.10 Å². The molecular weight excluding hydrogens is 246 g/mol. The zero-order valence-corrected chi connectivity index (χ0v) is 12.2. The van der Waals surface area contributed by atoms with Crippen LogP contribution in [-0.2, 0) is 0 Å². The highest BCUT2D eigenvalue weighted by molar-refractivity contribution is 7.11. The molecule has 1 aliphatic carbocycles. The number of nitrogens with one attached hydrogen (secondary N) is 1. The summed E-state index contributed by atoms with van der Waals surface area (Å²) >= 11 is 1.40. The number of ether oxygens (including phenoxy) is 1. The van der Waals surface area contributed by atoms with Crippen LogP contribution in [0, 0.1) is 5.92 Å². The first-order valence-electron chi connectivity index (χ1n) is 6.74. The Morgan fingerprint density at radius 3 is 2.61 bits per heavy atom. The van der Waals surface area contributed by atoms with Crippen molar-refractivity contribution in [1.82, 2.24) is 4.37 Å². The van der Waals surface area contributed by atoms with Crippen LogP contribution in [0.15, 0.2) is 0 Å². The molecule has 0 atom stereocenters. The second-order valence-electron chi connectivity index (χ2n) is 5.49. The van der Waals surface area contributed by atoms with Gasteiger partial charge in [-0.2, -0.15) is 4.37 Å². The van der Waals surface area contributed by atoms with E-state index in [1.807, 2.05) is 13.8 Å². The van der Waals surface area contributed by atoms with Crippen molar-refractivity contribution in [3.05, 3.63) is 0 Å². The van der Waals surface area contributed by atoms with Crippen LogP contribution in [0.25, 0.3) is 0 Å². The molecule has 4 nitrogen and oxygen atoms in total. The number of aromatic nitrogens is 1. The molecular formula is C13H23N3OS. The maximum absolute atomic E-state index is 5.85. The van der Waals surface area contributed by atoms with Crippen LogP contribution in [0.5, 0.6) is 5.75 Å². The number of nitrogen functional groups attached to an aromatic ring is 1. The highest BCUT2D eigenvalue weighted by Crippen LogP contribution is 2.38. The van der Waals surface area contributed by atoms with Crippen LogP contribution in [0.1, 0.15) is 46.5 Å². The number of hydrogen-bond donors (Lipinski definition) is 2. The molecule has 0 aliphatic heterocycles. The van der Waals surface area contributed by atoms with E-state index in [4.69, 9.17) is 10.5 Å². The summed E-state index contributed by atoms with van der Waals surface area (Å²) in [5, 5.41) is 4.53. The molecule has 1 fully saturated rings. The molecule has 5 heteroatoms. The van der Waals surface area contributed by atoms with Crippen molar-refractivity contribution in [3.8, 4) is 5.75 Å². The summed E-state index contributed by atoms with van der Waals surface area (Å²) in [5.74, 6) is 2.09. The molecule has 0 aromatic carbocycles. The predicted molar refractivity (Wildman–Crippen MR) is 77.3 cm³/mol. The Kier molecular flexibility index (Phi) is 4.32. The summed E-state index contributed by atoms with van der Waals surface area (Å²) in [6.45, 7) is 6.33. The fraction of sp³-hybridized carbons (Fsp3) is 0.769. The fourth-order valence-corrected chi connectivity index (χ4v) is 3.05. The number of nitrogens with two attached hydrogens (primary N) is 1. The quantitative estimate of drug-likeness (QED) is 0.878. The van der Waals surface area contributed by atoms with Crippen LogP contribution in [0.2, 0.25) is 0 Å². The molecule has 0 saturated heterocycles. The van der Waals surface area contributed by atoms with Crippen LogP contribution < -0.4 is 15.8 Å². The zero-order chi connectivity index (χ0) is 13.1. The summed E-state index contributed by atoms with van der Waals surface area (Å²) in [6.07, 6.45) is 5.16. The molecule has 0 amide bonds. The van der Waals surface area contributed by atoms with Gasteiger partial charge in [-0.05, 0) is 57.0 Å². The topological polar surface area (TPSA) is 60.2 Å². The van der Waals surface area contributed by atoms with E-state index in [2.05, 4.69) is 16.6 Å². The fourth-order valence-electron chi connectivity index (χ4n) is 2.33. The van der Waals surface area contributed by atoms with E-state index in [9.17, 15) is 0 Å². The van der Waals surface area contributed by atoms with E-state index in [1.54, 1.807) is 0 Å². The lowest BCUT2D eigenvalue weighted by Crippen LogP contribution is -2.25. The molecule has 3 N–H and O–H groups in total. The van der Waals surface area contributed by atoms with Gasteiger partial charge in [0, 0.05) is 6.04 Å². The van der Waals surface area contributed by atoms with Gasteiger partial charge < -0.3 is 15.8 Å². The molecule has 18 heavy (non-hydrogen) atoms. The van der Waals surface area contributed by atoms with Crippen molar-refractivity contribution >= 4 is 22.4 Å². The number of rotatable bonds is 4. The first-order chi connectivity index (χ1) is 8.56. The second-order valence-corrected chi connectivity index (χ2v) is 6.27. The van der Waals surface area contributed by atoms with Crippen LogP contribution in [0.4, 0.5) is 10.8 Å². The maximum atomic E-state index is 5.85. The van der Waals surface area contributed by atoms with E-state index < -0.39 is 0 Å². The number of nitrogens with zero attached hydrogens (tertiary/aromatic N) is 1. The summed E-state index contributed by atoms with van der Waals surface area (Å²) in [5.41, 5.74) is 5.85. The lowest BCUT2D eigenvalue weighted by molar-refractivity contribution is 0.245. The molecule has 0 unspecified atom stereocenters. The van der Waals surface area contributed by atoms with Crippen molar-refractivity contribution in [3.63, 3.8) is 0 Å². The van der Waals surface area contributed by atoms with E-state index in [0.717, 1.165) is 16.7 Å². The normalized spacial score (nSPS) is 24.2. The Balaban J connectivity index is 2.00. The Labute approximate surface area is 113 Å². The van der Waals surface area contributed by atoms with Gasteiger partial charge in [0.15, 0.2) is 16.6 Å². The average molecular weight is 269 g/mol. The highest BCUT2D eigenvalue weighted by atomic mass is 32.1. The molecule has 0 spiro atoms. The Bertz CT molecular complexity index is 384. The van der Waals surface area contributed by atoms with Gasteiger partial charge in [0.25, 0.3) is 0 Å². The van der Waals surface area contributed by atoms with Crippen LogP contribution in [0.3, 0.4) is 0 Å². The van der Waals surface area contributed by atoms with Crippen molar-refractivity contribution in [2.24, 2.45) is 5.92 Å². The van der Waals surface area contributed by atoms with Crippen molar-refractivity contribution in [1.29, 1.82) is 0 Å². The molecule has 102 valence electrons. The van der Waals surface area contributed by atoms with Gasteiger partial charge in [-0.3, -0.25) is 0 Å². The third-order valence-electron chi connectivity index (χ3n) is 3.38. The molecule has 0 radical (unpaired) electrons. The smallest absolute Gasteiger partial charge is 0.197 e. The lowest BCUT2D eigenvalue weighted by atomic mass is 9.87. The van der Waals surface area contributed by atoms with Crippen LogP contribution in [-0.4, -0.2) is 16.5 Å². The van der Waals surface area contributed by atoms with Gasteiger partial charge in [-0.25, -0.2) is 0 Å². The minimum Gasteiger partial charge on any atom is -0.484 e. The molecule has 1 heterocycles. The SMILES string of the molecule is CC1CCC(Nc2snc(N)c2OC(C)C)CC1. The summed E-state index contributed by atoms with van der Waals surface area (Å²) in [6, 6.07) is 0.538. The second kappa shape index (κ2) is 5.78. The van der Waals surface area contributed by atoms with E-state index >= 15 is 0 Å². The Hall–Kier alpha value is -0.970. The third-order valence-corrected chi connectivity index (χ3v) is 4.15. The summed E-state index contributed by atoms with van der Waals surface area (Å²) in [4.78, 5) is 0. The monoisotopic (exact) mass is 269 g/mol. The minimum absolute atomic E-state index is 0.121. The van der Waals surface area contributed by atoms with Gasteiger partial charge in [-0.1, -0.05) is 6.92 Å². The van der Waals surface area contributed by atoms with E-state index in [1.165, 1.54) is 37.2 Å². The molecule has 1 aromatic heterocycles.